The fraction of sp³-hybridized carbons (Fsp3) is 0.214. The van der Waals surface area contributed by atoms with Crippen LogP contribution in [-0.4, -0.2) is 12.0 Å². The Bertz CT molecular complexity index is 506. The predicted octanol–water partition coefficient (Wildman–Crippen LogP) is 2.92. The van der Waals surface area contributed by atoms with Crippen molar-refractivity contribution in [3.05, 3.63) is 53.6 Å². The normalized spacial score (nSPS) is 10.5. The molecule has 0 saturated heterocycles. The van der Waals surface area contributed by atoms with Crippen LogP contribution in [0.5, 0.6) is 0 Å². The van der Waals surface area contributed by atoms with Crippen molar-refractivity contribution < 1.29 is 4.39 Å². The zero-order valence-electron chi connectivity index (χ0n) is 10.00. The van der Waals surface area contributed by atoms with E-state index in [4.69, 9.17) is 0 Å². The molecule has 1 aromatic carbocycles. The number of aryl methyl sites for hydroxylation is 1. The van der Waals surface area contributed by atoms with Gasteiger partial charge in [-0.3, -0.25) is 4.98 Å². The molecule has 0 fully saturated rings. The molecule has 0 atom stereocenters. The third-order valence-electron chi connectivity index (χ3n) is 2.66. The van der Waals surface area contributed by atoms with Crippen molar-refractivity contribution in [2.45, 2.75) is 13.5 Å². The van der Waals surface area contributed by atoms with Crippen LogP contribution in [0.3, 0.4) is 0 Å². The summed E-state index contributed by atoms with van der Waals surface area (Å²) in [5.74, 6) is -0.178. The van der Waals surface area contributed by atoms with Gasteiger partial charge in [-0.05, 0) is 37.7 Å². The Labute approximate surface area is 101 Å². The van der Waals surface area contributed by atoms with E-state index in [1.54, 1.807) is 13.1 Å². The third kappa shape index (κ3) is 2.68. The molecule has 0 saturated carbocycles. The highest BCUT2D eigenvalue weighted by Gasteiger charge is 2.04. The van der Waals surface area contributed by atoms with Gasteiger partial charge in [-0.1, -0.05) is 12.1 Å². The molecule has 1 N–H and O–H groups in total. The Balaban J connectivity index is 2.39. The number of halogens is 1. The van der Waals surface area contributed by atoms with E-state index >= 15 is 0 Å². The zero-order valence-corrected chi connectivity index (χ0v) is 10.00. The van der Waals surface area contributed by atoms with E-state index in [0.29, 0.717) is 12.1 Å². The first-order valence-electron chi connectivity index (χ1n) is 5.57. The lowest BCUT2D eigenvalue weighted by Crippen LogP contribution is -2.07. The molecule has 0 aliphatic carbocycles. The first kappa shape index (κ1) is 11.7. The number of aromatic nitrogens is 1. The number of hydrogen-bond donors (Lipinski definition) is 1. The number of benzene rings is 1. The minimum atomic E-state index is -0.178. The summed E-state index contributed by atoms with van der Waals surface area (Å²) < 4.78 is 13.5. The van der Waals surface area contributed by atoms with Gasteiger partial charge in [0, 0.05) is 29.6 Å². The van der Waals surface area contributed by atoms with Crippen molar-refractivity contribution in [3.8, 4) is 11.1 Å². The summed E-state index contributed by atoms with van der Waals surface area (Å²) >= 11 is 0. The molecule has 2 rings (SSSR count). The van der Waals surface area contributed by atoms with Crippen molar-refractivity contribution in [3.63, 3.8) is 0 Å². The molecule has 1 heterocycles. The van der Waals surface area contributed by atoms with Gasteiger partial charge in [-0.25, -0.2) is 4.39 Å². The standard InChI is InChI=1S/C14H15FN2/c1-10-3-4-12(9-17-10)11-5-6-14(15)13(7-11)8-16-2/h3-7,9,16H,8H2,1-2H3. The molecule has 0 bridgehead atoms. The minimum Gasteiger partial charge on any atom is -0.316 e. The second-order valence-corrected chi connectivity index (χ2v) is 4.02. The van der Waals surface area contributed by atoms with Gasteiger partial charge < -0.3 is 5.32 Å². The van der Waals surface area contributed by atoms with Crippen LogP contribution in [0.1, 0.15) is 11.3 Å². The molecule has 2 nitrogen and oxygen atoms in total. The lowest BCUT2D eigenvalue weighted by atomic mass is 10.0. The van der Waals surface area contributed by atoms with Crippen molar-refractivity contribution >= 4 is 0 Å². The molecule has 0 spiro atoms. The Morgan fingerprint density at radius 3 is 2.59 bits per heavy atom. The summed E-state index contributed by atoms with van der Waals surface area (Å²) in [7, 11) is 1.81. The highest BCUT2D eigenvalue weighted by molar-refractivity contribution is 5.63. The van der Waals surface area contributed by atoms with Gasteiger partial charge in [0.15, 0.2) is 0 Å². The Hall–Kier alpha value is -1.74. The average Bonchev–Trinajstić information content (AvgIpc) is 2.33. The summed E-state index contributed by atoms with van der Waals surface area (Å²) in [5.41, 5.74) is 3.65. The van der Waals surface area contributed by atoms with Crippen LogP contribution in [-0.2, 0) is 6.54 Å². The van der Waals surface area contributed by atoms with E-state index in [0.717, 1.165) is 16.8 Å². The lowest BCUT2D eigenvalue weighted by molar-refractivity contribution is 0.601. The summed E-state index contributed by atoms with van der Waals surface area (Å²) in [6.07, 6.45) is 1.81. The van der Waals surface area contributed by atoms with E-state index in [-0.39, 0.29) is 5.82 Å². The zero-order chi connectivity index (χ0) is 12.3. The van der Waals surface area contributed by atoms with Crippen LogP contribution >= 0.6 is 0 Å². The first-order chi connectivity index (χ1) is 8.20. The maximum absolute atomic E-state index is 13.5. The maximum atomic E-state index is 13.5. The molecule has 1 aromatic heterocycles. The van der Waals surface area contributed by atoms with Gasteiger partial charge in [-0.15, -0.1) is 0 Å². The minimum absolute atomic E-state index is 0.178. The molecule has 0 amide bonds. The first-order valence-corrected chi connectivity index (χ1v) is 5.57. The fourth-order valence-electron chi connectivity index (χ4n) is 1.72. The van der Waals surface area contributed by atoms with Gasteiger partial charge in [0.2, 0.25) is 0 Å². The van der Waals surface area contributed by atoms with Crippen LogP contribution in [0.15, 0.2) is 36.5 Å². The van der Waals surface area contributed by atoms with Gasteiger partial charge in [0.25, 0.3) is 0 Å². The third-order valence-corrected chi connectivity index (χ3v) is 2.66. The molecule has 3 heteroatoms. The summed E-state index contributed by atoms with van der Waals surface area (Å²) in [5, 5.41) is 2.96. The summed E-state index contributed by atoms with van der Waals surface area (Å²) in [6, 6.07) is 9.09. The van der Waals surface area contributed by atoms with Gasteiger partial charge in [0.05, 0.1) is 0 Å². The smallest absolute Gasteiger partial charge is 0.127 e. The summed E-state index contributed by atoms with van der Waals surface area (Å²) in [6.45, 7) is 2.47. The van der Waals surface area contributed by atoms with Crippen molar-refractivity contribution in [2.24, 2.45) is 0 Å². The van der Waals surface area contributed by atoms with E-state index < -0.39 is 0 Å². The number of rotatable bonds is 3. The molecular weight excluding hydrogens is 215 g/mol. The monoisotopic (exact) mass is 230 g/mol. The fourth-order valence-corrected chi connectivity index (χ4v) is 1.72. The van der Waals surface area contributed by atoms with Crippen LogP contribution in [0.25, 0.3) is 11.1 Å². The Morgan fingerprint density at radius 1 is 1.18 bits per heavy atom. The average molecular weight is 230 g/mol. The van der Waals surface area contributed by atoms with Gasteiger partial charge in [-0.2, -0.15) is 0 Å². The number of nitrogens with one attached hydrogen (secondary N) is 1. The SMILES string of the molecule is CNCc1cc(-c2ccc(C)nc2)ccc1F. The van der Waals surface area contributed by atoms with E-state index in [2.05, 4.69) is 10.3 Å². The van der Waals surface area contributed by atoms with E-state index in [1.807, 2.05) is 31.3 Å². The van der Waals surface area contributed by atoms with Gasteiger partial charge >= 0.3 is 0 Å². The highest BCUT2D eigenvalue weighted by Crippen LogP contribution is 2.21. The van der Waals surface area contributed by atoms with Crippen LogP contribution < -0.4 is 5.32 Å². The van der Waals surface area contributed by atoms with Crippen LogP contribution in [0, 0.1) is 12.7 Å². The predicted molar refractivity (Wildman–Crippen MR) is 67.1 cm³/mol. The lowest BCUT2D eigenvalue weighted by Gasteiger charge is -2.06. The number of pyridine rings is 1. The van der Waals surface area contributed by atoms with Crippen molar-refractivity contribution in [2.75, 3.05) is 7.05 Å². The molecule has 0 aliphatic heterocycles. The largest absolute Gasteiger partial charge is 0.316 e. The maximum Gasteiger partial charge on any atom is 0.127 e. The molecule has 0 aliphatic rings. The quantitative estimate of drug-likeness (QED) is 0.877. The van der Waals surface area contributed by atoms with E-state index in [9.17, 15) is 4.39 Å². The second kappa shape index (κ2) is 5.06. The second-order valence-electron chi connectivity index (χ2n) is 4.02. The Morgan fingerprint density at radius 2 is 1.94 bits per heavy atom. The molecule has 2 aromatic rings. The topological polar surface area (TPSA) is 24.9 Å². The number of hydrogen-bond acceptors (Lipinski definition) is 2. The number of nitrogens with zero attached hydrogens (tertiary/aromatic N) is 1. The molecule has 0 radical (unpaired) electrons. The van der Waals surface area contributed by atoms with Crippen LogP contribution in [0.2, 0.25) is 0 Å². The summed E-state index contributed by atoms with van der Waals surface area (Å²) in [4.78, 5) is 4.24. The molecule has 17 heavy (non-hydrogen) atoms. The molecular formula is C14H15FN2. The van der Waals surface area contributed by atoms with E-state index in [1.165, 1.54) is 6.07 Å². The van der Waals surface area contributed by atoms with Gasteiger partial charge in [0.1, 0.15) is 5.82 Å². The van der Waals surface area contributed by atoms with Crippen molar-refractivity contribution in [1.82, 2.24) is 10.3 Å². The van der Waals surface area contributed by atoms with Crippen LogP contribution in [0.4, 0.5) is 4.39 Å². The molecule has 0 unspecified atom stereocenters. The highest BCUT2D eigenvalue weighted by atomic mass is 19.1. The Kier molecular flexibility index (Phi) is 3.49. The van der Waals surface area contributed by atoms with Crippen molar-refractivity contribution in [1.29, 1.82) is 0 Å². The molecule has 88 valence electrons.